The van der Waals surface area contributed by atoms with Gasteiger partial charge in [-0.15, -0.1) is 0 Å². The van der Waals surface area contributed by atoms with Gasteiger partial charge in [0.25, 0.3) is 0 Å². The van der Waals surface area contributed by atoms with E-state index in [1.165, 1.54) is 0 Å². The van der Waals surface area contributed by atoms with Gasteiger partial charge < -0.3 is 20.1 Å². The van der Waals surface area contributed by atoms with Gasteiger partial charge in [-0.25, -0.2) is 0 Å². The quantitative estimate of drug-likeness (QED) is 0.921. The molecule has 19 heavy (non-hydrogen) atoms. The van der Waals surface area contributed by atoms with E-state index < -0.39 is 0 Å². The number of nitrogens with two attached hydrogens (primary N) is 1. The Bertz CT molecular complexity index is 427. The zero-order valence-corrected chi connectivity index (χ0v) is 13.2. The van der Waals surface area contributed by atoms with E-state index in [-0.39, 0.29) is 18.2 Å². The Balaban J connectivity index is 2.19. The fourth-order valence-electron chi connectivity index (χ4n) is 2.46. The fourth-order valence-corrected chi connectivity index (χ4v) is 3.10. The highest BCUT2D eigenvalue weighted by Crippen LogP contribution is 2.32. The van der Waals surface area contributed by atoms with Crippen LogP contribution in [0.15, 0.2) is 22.7 Å². The molecule has 0 radical (unpaired) electrons. The van der Waals surface area contributed by atoms with Crippen LogP contribution in [0.3, 0.4) is 0 Å². The van der Waals surface area contributed by atoms with E-state index in [0.717, 1.165) is 28.8 Å². The molecule has 2 rings (SSSR count). The topological polar surface area (TPSA) is 47.7 Å². The van der Waals surface area contributed by atoms with Crippen molar-refractivity contribution in [3.8, 4) is 0 Å². The minimum absolute atomic E-state index is 0.0439. The zero-order valence-electron chi connectivity index (χ0n) is 11.6. The molecule has 1 saturated heterocycles. The van der Waals surface area contributed by atoms with E-state index in [9.17, 15) is 0 Å². The number of ether oxygens (including phenoxy) is 2. The summed E-state index contributed by atoms with van der Waals surface area (Å²) < 4.78 is 12.0. The Morgan fingerprint density at radius 2 is 1.84 bits per heavy atom. The lowest BCUT2D eigenvalue weighted by molar-refractivity contribution is -0.00461. The summed E-state index contributed by atoms with van der Waals surface area (Å²) in [5, 5.41) is 0. The van der Waals surface area contributed by atoms with Crippen molar-refractivity contribution in [3.63, 3.8) is 0 Å². The molecular formula is C14H21BrN2O2. The molecule has 1 aromatic carbocycles. The van der Waals surface area contributed by atoms with Crippen molar-refractivity contribution < 1.29 is 9.47 Å². The van der Waals surface area contributed by atoms with E-state index in [1.807, 2.05) is 6.92 Å². The molecule has 0 bridgehead atoms. The molecule has 3 atom stereocenters. The molecule has 0 saturated carbocycles. The van der Waals surface area contributed by atoms with Crippen molar-refractivity contribution in [2.45, 2.75) is 25.2 Å². The van der Waals surface area contributed by atoms with Crippen LogP contribution in [0.2, 0.25) is 0 Å². The highest BCUT2D eigenvalue weighted by molar-refractivity contribution is 9.10. The van der Waals surface area contributed by atoms with Gasteiger partial charge >= 0.3 is 0 Å². The van der Waals surface area contributed by atoms with Crippen molar-refractivity contribution in [3.05, 3.63) is 28.2 Å². The normalized spacial score (nSPS) is 24.8. The number of anilines is 1. The van der Waals surface area contributed by atoms with Crippen LogP contribution in [0, 0.1) is 0 Å². The van der Waals surface area contributed by atoms with Gasteiger partial charge in [0.15, 0.2) is 0 Å². The number of nitrogens with zero attached hydrogens (tertiary/aromatic N) is 1. The minimum atomic E-state index is 0.0439. The maximum Gasteiger partial charge on any atom is 0.102 e. The monoisotopic (exact) mass is 328 g/mol. The lowest BCUT2D eigenvalue weighted by atomic mass is 10.1. The number of benzene rings is 1. The maximum atomic E-state index is 5.90. The van der Waals surface area contributed by atoms with Crippen molar-refractivity contribution in [2.24, 2.45) is 5.73 Å². The number of hydrogen-bond donors (Lipinski definition) is 1. The number of halogens is 1. The van der Waals surface area contributed by atoms with Gasteiger partial charge in [0.05, 0.1) is 5.69 Å². The first-order chi connectivity index (χ1) is 9.06. The first kappa shape index (κ1) is 14.8. The summed E-state index contributed by atoms with van der Waals surface area (Å²) in [4.78, 5) is 2.28. The summed E-state index contributed by atoms with van der Waals surface area (Å²) in [7, 11) is 3.46. The molecule has 1 aromatic rings. The third kappa shape index (κ3) is 3.11. The predicted octanol–water partition coefficient (Wildman–Crippen LogP) is 2.32. The molecule has 4 nitrogen and oxygen atoms in total. The predicted molar refractivity (Wildman–Crippen MR) is 80.6 cm³/mol. The van der Waals surface area contributed by atoms with Gasteiger partial charge in [-0.3, -0.25) is 0 Å². The van der Waals surface area contributed by atoms with Crippen LogP contribution in [0.1, 0.15) is 18.5 Å². The van der Waals surface area contributed by atoms with Gasteiger partial charge in [-0.2, -0.15) is 0 Å². The zero-order chi connectivity index (χ0) is 14.0. The second-order valence-corrected chi connectivity index (χ2v) is 5.81. The first-order valence-electron chi connectivity index (χ1n) is 6.42. The van der Waals surface area contributed by atoms with Crippen molar-refractivity contribution in [1.29, 1.82) is 0 Å². The number of hydrogen-bond acceptors (Lipinski definition) is 4. The third-order valence-electron chi connectivity index (χ3n) is 3.66. The Morgan fingerprint density at radius 3 is 2.26 bits per heavy atom. The molecule has 1 aliphatic rings. The van der Waals surface area contributed by atoms with Crippen LogP contribution in [0.4, 0.5) is 5.69 Å². The Kier molecular flexibility index (Phi) is 4.84. The smallest absolute Gasteiger partial charge is 0.102 e. The van der Waals surface area contributed by atoms with Gasteiger partial charge in [0, 0.05) is 37.8 Å². The number of rotatable bonds is 4. The van der Waals surface area contributed by atoms with Gasteiger partial charge in [-0.05, 0) is 40.5 Å². The second kappa shape index (κ2) is 6.22. The molecule has 2 N–H and O–H groups in total. The average Bonchev–Trinajstić information content (AvgIpc) is 2.81. The summed E-state index contributed by atoms with van der Waals surface area (Å²) in [6.45, 7) is 3.66. The molecule has 0 aromatic heterocycles. The molecule has 1 fully saturated rings. The molecule has 1 aliphatic heterocycles. The Labute approximate surface area is 123 Å². The minimum Gasteiger partial charge on any atom is -0.377 e. The summed E-state index contributed by atoms with van der Waals surface area (Å²) in [6, 6.07) is 6.31. The largest absolute Gasteiger partial charge is 0.377 e. The summed E-state index contributed by atoms with van der Waals surface area (Å²) >= 11 is 3.63. The fraction of sp³-hybridized carbons (Fsp3) is 0.571. The summed E-state index contributed by atoms with van der Waals surface area (Å²) in [6.07, 6.45) is 0.231. The molecular weight excluding hydrogens is 308 g/mol. The van der Waals surface area contributed by atoms with Crippen LogP contribution in [0.25, 0.3) is 0 Å². The molecule has 0 aliphatic carbocycles. The summed E-state index contributed by atoms with van der Waals surface area (Å²) in [5.74, 6) is 0. The average molecular weight is 329 g/mol. The van der Waals surface area contributed by atoms with Gasteiger partial charge in [-0.1, -0.05) is 6.07 Å². The highest BCUT2D eigenvalue weighted by atomic mass is 79.9. The van der Waals surface area contributed by atoms with E-state index in [4.69, 9.17) is 15.2 Å². The molecule has 0 spiro atoms. The maximum absolute atomic E-state index is 5.90. The van der Waals surface area contributed by atoms with Crippen molar-refractivity contribution in [1.82, 2.24) is 0 Å². The van der Waals surface area contributed by atoms with Crippen LogP contribution in [-0.2, 0) is 9.47 Å². The summed E-state index contributed by atoms with van der Waals surface area (Å²) in [5.41, 5.74) is 8.18. The lowest BCUT2D eigenvalue weighted by Crippen LogP contribution is -2.27. The Hall–Kier alpha value is -0.620. The van der Waals surface area contributed by atoms with Crippen LogP contribution in [0.5, 0.6) is 0 Å². The third-order valence-corrected chi connectivity index (χ3v) is 4.29. The van der Waals surface area contributed by atoms with Gasteiger partial charge in [0.2, 0.25) is 0 Å². The first-order valence-corrected chi connectivity index (χ1v) is 7.21. The molecule has 1 heterocycles. The van der Waals surface area contributed by atoms with Crippen LogP contribution < -0.4 is 10.6 Å². The highest BCUT2D eigenvalue weighted by Gasteiger charge is 2.33. The van der Waals surface area contributed by atoms with Crippen LogP contribution in [-0.4, -0.2) is 39.5 Å². The van der Waals surface area contributed by atoms with Gasteiger partial charge in [0.1, 0.15) is 12.2 Å². The van der Waals surface area contributed by atoms with Crippen LogP contribution >= 0.6 is 15.9 Å². The number of methoxy groups -OCH3 is 2. The molecule has 0 amide bonds. The molecule has 3 unspecified atom stereocenters. The molecule has 106 valence electrons. The standard InChI is InChI=1S/C14H21BrN2O2/c1-9(16)10-4-5-12(11(15)6-10)17-7-13(18-2)14(8-17)19-3/h4-6,9,13-14H,7-8,16H2,1-3H3. The van der Waals surface area contributed by atoms with E-state index in [0.29, 0.717) is 0 Å². The Morgan fingerprint density at radius 1 is 1.26 bits per heavy atom. The lowest BCUT2D eigenvalue weighted by Gasteiger charge is -2.21. The van der Waals surface area contributed by atoms with E-state index in [1.54, 1.807) is 14.2 Å². The molecule has 5 heteroatoms. The SMILES string of the molecule is COC1CN(c2ccc(C(C)N)cc2Br)CC1OC. The second-order valence-electron chi connectivity index (χ2n) is 4.95. The van der Waals surface area contributed by atoms with E-state index in [2.05, 4.69) is 39.0 Å². The van der Waals surface area contributed by atoms with E-state index >= 15 is 0 Å². The van der Waals surface area contributed by atoms with Crippen molar-refractivity contribution >= 4 is 21.6 Å². The van der Waals surface area contributed by atoms with Crippen molar-refractivity contribution in [2.75, 3.05) is 32.2 Å².